The lowest BCUT2D eigenvalue weighted by Crippen LogP contribution is -2.26. The molecule has 0 heterocycles. The van der Waals surface area contributed by atoms with Crippen molar-refractivity contribution in [2.75, 3.05) is 11.8 Å². The summed E-state index contributed by atoms with van der Waals surface area (Å²) in [5.41, 5.74) is 1.94. The molecule has 0 fully saturated rings. The lowest BCUT2D eigenvalue weighted by Gasteiger charge is -2.17. The molecule has 0 atom stereocenters. The number of hydrogen-bond donors (Lipinski definition) is 1. The van der Waals surface area contributed by atoms with Gasteiger partial charge in [-0.2, -0.15) is 0 Å². The highest BCUT2D eigenvalue weighted by Gasteiger charge is 2.15. The molecule has 0 aromatic heterocycles. The monoisotopic (exact) mass is 380 g/mol. The molecule has 5 nitrogen and oxygen atoms in total. The fourth-order valence-corrected chi connectivity index (χ4v) is 3.72. The third-order valence-corrected chi connectivity index (χ3v) is 5.44. The van der Waals surface area contributed by atoms with Crippen molar-refractivity contribution in [2.24, 2.45) is 0 Å². The standard InChI is InChI=1S/C21H20N2O3S/c1-23(16-17-8-4-2-5-9-17)21(24)18-12-14-19(15-13-18)22-27(25,26)20-10-6-3-7-11-20/h2-15,22H,16H2,1H3. The summed E-state index contributed by atoms with van der Waals surface area (Å²) in [5, 5.41) is 0. The molecule has 138 valence electrons. The second-order valence-corrected chi connectivity index (χ2v) is 7.83. The summed E-state index contributed by atoms with van der Waals surface area (Å²) in [6, 6.07) is 24.3. The predicted molar refractivity (Wildman–Crippen MR) is 106 cm³/mol. The highest BCUT2D eigenvalue weighted by Crippen LogP contribution is 2.17. The number of anilines is 1. The van der Waals surface area contributed by atoms with Crippen molar-refractivity contribution in [1.82, 2.24) is 4.90 Å². The van der Waals surface area contributed by atoms with E-state index in [0.717, 1.165) is 5.56 Å². The zero-order valence-corrected chi connectivity index (χ0v) is 15.7. The smallest absolute Gasteiger partial charge is 0.261 e. The number of sulfonamides is 1. The highest BCUT2D eigenvalue weighted by molar-refractivity contribution is 7.92. The van der Waals surface area contributed by atoms with Crippen molar-refractivity contribution in [3.8, 4) is 0 Å². The van der Waals surface area contributed by atoms with Crippen molar-refractivity contribution in [3.05, 3.63) is 96.1 Å². The van der Waals surface area contributed by atoms with Gasteiger partial charge < -0.3 is 4.90 Å². The SMILES string of the molecule is CN(Cc1ccccc1)C(=O)c1ccc(NS(=O)(=O)c2ccccc2)cc1. The maximum atomic E-state index is 12.6. The van der Waals surface area contributed by atoms with E-state index >= 15 is 0 Å². The molecule has 0 unspecified atom stereocenters. The minimum absolute atomic E-state index is 0.128. The van der Waals surface area contributed by atoms with Gasteiger partial charge >= 0.3 is 0 Å². The largest absolute Gasteiger partial charge is 0.337 e. The molecule has 0 aliphatic heterocycles. The average molecular weight is 380 g/mol. The number of nitrogens with one attached hydrogen (secondary N) is 1. The molecule has 0 saturated heterocycles. The summed E-state index contributed by atoms with van der Waals surface area (Å²) < 4.78 is 27.2. The number of nitrogens with zero attached hydrogens (tertiary/aromatic N) is 1. The topological polar surface area (TPSA) is 66.5 Å². The van der Waals surface area contributed by atoms with Gasteiger partial charge in [-0.15, -0.1) is 0 Å². The van der Waals surface area contributed by atoms with Gasteiger partial charge in [-0.1, -0.05) is 48.5 Å². The Balaban J connectivity index is 1.69. The number of hydrogen-bond acceptors (Lipinski definition) is 3. The molecule has 0 bridgehead atoms. The van der Waals surface area contributed by atoms with Gasteiger partial charge in [-0.25, -0.2) is 8.42 Å². The Labute approximate surface area is 159 Å². The molecule has 3 aromatic carbocycles. The van der Waals surface area contributed by atoms with E-state index in [9.17, 15) is 13.2 Å². The van der Waals surface area contributed by atoms with Crippen LogP contribution in [0, 0.1) is 0 Å². The molecular formula is C21H20N2O3S. The van der Waals surface area contributed by atoms with E-state index in [4.69, 9.17) is 0 Å². The van der Waals surface area contributed by atoms with Crippen LogP contribution in [0.1, 0.15) is 15.9 Å². The van der Waals surface area contributed by atoms with E-state index in [1.165, 1.54) is 12.1 Å². The van der Waals surface area contributed by atoms with Crippen molar-refractivity contribution in [1.29, 1.82) is 0 Å². The van der Waals surface area contributed by atoms with Gasteiger partial charge in [-0.3, -0.25) is 9.52 Å². The summed E-state index contributed by atoms with van der Waals surface area (Å²) in [6.45, 7) is 0.502. The first-order chi connectivity index (χ1) is 13.0. The van der Waals surface area contributed by atoms with E-state index < -0.39 is 10.0 Å². The average Bonchev–Trinajstić information content (AvgIpc) is 2.69. The van der Waals surface area contributed by atoms with Gasteiger partial charge in [-0.05, 0) is 42.0 Å². The van der Waals surface area contributed by atoms with Gasteiger partial charge in [0.25, 0.3) is 15.9 Å². The first-order valence-electron chi connectivity index (χ1n) is 8.43. The first kappa shape index (κ1) is 18.7. The van der Waals surface area contributed by atoms with E-state index in [1.54, 1.807) is 54.4 Å². The molecule has 0 saturated carbocycles. The lowest BCUT2D eigenvalue weighted by molar-refractivity contribution is 0.0785. The maximum absolute atomic E-state index is 12.6. The van der Waals surface area contributed by atoms with Gasteiger partial charge in [0, 0.05) is 24.8 Å². The third kappa shape index (κ3) is 4.74. The Morgan fingerprint density at radius 1 is 0.852 bits per heavy atom. The molecule has 0 spiro atoms. The van der Waals surface area contributed by atoms with Crippen LogP contribution in [-0.4, -0.2) is 26.3 Å². The van der Waals surface area contributed by atoms with Crippen LogP contribution in [0.4, 0.5) is 5.69 Å². The van der Waals surface area contributed by atoms with Crippen molar-refractivity contribution < 1.29 is 13.2 Å². The Morgan fingerprint density at radius 3 is 2.00 bits per heavy atom. The molecule has 1 amide bonds. The van der Waals surface area contributed by atoms with E-state index in [0.29, 0.717) is 17.8 Å². The molecule has 3 aromatic rings. The van der Waals surface area contributed by atoms with Crippen molar-refractivity contribution in [2.45, 2.75) is 11.4 Å². The quantitative estimate of drug-likeness (QED) is 0.708. The fourth-order valence-electron chi connectivity index (χ4n) is 2.64. The Hall–Kier alpha value is -3.12. The summed E-state index contributed by atoms with van der Waals surface area (Å²) in [7, 11) is -1.91. The minimum Gasteiger partial charge on any atom is -0.337 e. The number of carbonyl (C=O) groups is 1. The van der Waals surface area contributed by atoms with Gasteiger partial charge in [0.1, 0.15) is 0 Å². The van der Waals surface area contributed by atoms with E-state index in [1.807, 2.05) is 30.3 Å². The molecule has 3 rings (SSSR count). The zero-order chi connectivity index (χ0) is 19.3. The van der Waals surface area contributed by atoms with Crippen LogP contribution in [0.5, 0.6) is 0 Å². The number of rotatable bonds is 6. The first-order valence-corrected chi connectivity index (χ1v) is 9.91. The Kier molecular flexibility index (Phi) is 5.57. The number of carbonyl (C=O) groups excluding carboxylic acids is 1. The second kappa shape index (κ2) is 8.05. The fraction of sp³-hybridized carbons (Fsp3) is 0.0952. The van der Waals surface area contributed by atoms with Crippen LogP contribution in [0.15, 0.2) is 89.8 Å². The summed E-state index contributed by atoms with van der Waals surface area (Å²) in [4.78, 5) is 14.4. The normalized spacial score (nSPS) is 11.0. The summed E-state index contributed by atoms with van der Waals surface area (Å²) in [6.07, 6.45) is 0. The molecule has 0 radical (unpaired) electrons. The van der Waals surface area contributed by atoms with Crippen LogP contribution < -0.4 is 4.72 Å². The molecule has 27 heavy (non-hydrogen) atoms. The van der Waals surface area contributed by atoms with Crippen molar-refractivity contribution in [3.63, 3.8) is 0 Å². The highest BCUT2D eigenvalue weighted by atomic mass is 32.2. The predicted octanol–water partition coefficient (Wildman–Crippen LogP) is 3.76. The van der Waals surface area contributed by atoms with Gasteiger partial charge in [0.2, 0.25) is 0 Å². The maximum Gasteiger partial charge on any atom is 0.261 e. The zero-order valence-electron chi connectivity index (χ0n) is 14.9. The minimum atomic E-state index is -3.65. The molecular weight excluding hydrogens is 360 g/mol. The number of benzene rings is 3. The second-order valence-electron chi connectivity index (χ2n) is 6.14. The summed E-state index contributed by atoms with van der Waals surface area (Å²) in [5.74, 6) is -0.128. The van der Waals surface area contributed by atoms with E-state index in [2.05, 4.69) is 4.72 Å². The Bertz CT molecular complexity index is 1000. The van der Waals surface area contributed by atoms with Crippen molar-refractivity contribution >= 4 is 21.6 Å². The molecule has 0 aliphatic carbocycles. The van der Waals surface area contributed by atoms with Crippen LogP contribution in [0.3, 0.4) is 0 Å². The van der Waals surface area contributed by atoms with Crippen LogP contribution in [0.2, 0.25) is 0 Å². The Morgan fingerprint density at radius 2 is 1.41 bits per heavy atom. The van der Waals surface area contributed by atoms with Crippen LogP contribution in [-0.2, 0) is 16.6 Å². The van der Waals surface area contributed by atoms with Crippen LogP contribution >= 0.6 is 0 Å². The third-order valence-electron chi connectivity index (χ3n) is 4.05. The molecule has 0 aliphatic rings. The van der Waals surface area contributed by atoms with Gasteiger partial charge in [0.05, 0.1) is 4.90 Å². The van der Waals surface area contributed by atoms with Crippen LogP contribution in [0.25, 0.3) is 0 Å². The lowest BCUT2D eigenvalue weighted by atomic mass is 10.1. The number of amides is 1. The van der Waals surface area contributed by atoms with Gasteiger partial charge in [0.15, 0.2) is 0 Å². The summed E-state index contributed by atoms with van der Waals surface area (Å²) >= 11 is 0. The molecule has 6 heteroatoms. The van der Waals surface area contributed by atoms with E-state index in [-0.39, 0.29) is 10.8 Å². The molecule has 1 N–H and O–H groups in total.